The van der Waals surface area contributed by atoms with E-state index in [0.29, 0.717) is 6.42 Å². The maximum absolute atomic E-state index is 12.7. The Morgan fingerprint density at radius 2 is 1.11 bits per heavy atom. The Labute approximate surface area is 286 Å². The number of carbonyl (C=O) groups is 1. The number of aliphatic hydroxyl groups is 2. The molecule has 0 aliphatic carbocycles. The maximum Gasteiger partial charge on any atom is 0.141 e. The summed E-state index contributed by atoms with van der Waals surface area (Å²) in [4.78, 5) is 12.7. The van der Waals surface area contributed by atoms with Gasteiger partial charge in [-0.15, -0.1) is 0 Å². The van der Waals surface area contributed by atoms with E-state index in [2.05, 4.69) is 73.7 Å². The summed E-state index contributed by atoms with van der Waals surface area (Å²) in [6.45, 7) is 1.98. The van der Waals surface area contributed by atoms with Crippen molar-refractivity contribution in [3.63, 3.8) is 0 Å². The fraction of sp³-hybridized carbons (Fsp3) is 0.568. The molecule has 3 aromatic rings. The highest BCUT2D eigenvalue weighted by Gasteiger charge is 2.23. The zero-order valence-electron chi connectivity index (χ0n) is 29.5. The number of carbonyl (C=O) groups excluding carboxylic acids is 1. The van der Waals surface area contributed by atoms with E-state index in [1.807, 2.05) is 6.08 Å². The number of benzene rings is 3. The molecule has 0 amide bonds. The van der Waals surface area contributed by atoms with Gasteiger partial charge in [0.2, 0.25) is 0 Å². The van der Waals surface area contributed by atoms with Crippen molar-refractivity contribution in [1.82, 2.24) is 0 Å². The number of Topliss-reactive ketones (excluding diaryl/α,β-unsaturated/α-hetero) is 1. The number of allylic oxidation sites excluding steroid dienone is 2. The molecule has 47 heavy (non-hydrogen) atoms. The van der Waals surface area contributed by atoms with Crippen LogP contribution in [0, 0.1) is 5.92 Å². The molecule has 0 heterocycles. The summed E-state index contributed by atoms with van der Waals surface area (Å²) in [6.07, 6.45) is 32.3. The minimum absolute atomic E-state index is 0.00916. The quantitative estimate of drug-likeness (QED) is 0.0495. The van der Waals surface area contributed by atoms with E-state index in [4.69, 9.17) is 0 Å². The minimum atomic E-state index is -0.881. The van der Waals surface area contributed by atoms with Gasteiger partial charge in [0, 0.05) is 6.42 Å². The maximum atomic E-state index is 12.7. The number of aliphatic hydroxyl groups excluding tert-OH is 2. The van der Waals surface area contributed by atoms with Gasteiger partial charge in [-0.05, 0) is 65.3 Å². The number of hydrogen-bond donors (Lipinski definition) is 2. The number of hydrogen-bond acceptors (Lipinski definition) is 3. The second-order valence-electron chi connectivity index (χ2n) is 13.6. The molecular formula is C44H64O3. The van der Waals surface area contributed by atoms with E-state index >= 15 is 0 Å². The van der Waals surface area contributed by atoms with Gasteiger partial charge in [0.05, 0.1) is 18.6 Å². The third kappa shape index (κ3) is 14.9. The fourth-order valence-corrected chi connectivity index (χ4v) is 6.76. The zero-order chi connectivity index (χ0) is 33.4. The number of rotatable bonds is 27. The molecule has 0 saturated heterocycles. The highest BCUT2D eigenvalue weighted by Crippen LogP contribution is 2.29. The molecule has 3 heteroatoms. The number of ketones is 1. The molecule has 0 spiro atoms. The predicted octanol–water partition coefficient (Wildman–Crippen LogP) is 12.3. The topological polar surface area (TPSA) is 57.5 Å². The number of unbranched alkanes of at least 4 members (excludes halogenated alkanes) is 18. The summed E-state index contributed by atoms with van der Waals surface area (Å²) in [5, 5.41) is 25.5. The summed E-state index contributed by atoms with van der Waals surface area (Å²) >= 11 is 0. The molecule has 2 N–H and O–H groups in total. The van der Waals surface area contributed by atoms with Crippen molar-refractivity contribution in [1.29, 1.82) is 0 Å². The van der Waals surface area contributed by atoms with Gasteiger partial charge in [-0.2, -0.15) is 0 Å². The molecular weight excluding hydrogens is 576 g/mol. The van der Waals surface area contributed by atoms with E-state index in [1.165, 1.54) is 117 Å². The molecule has 0 aromatic heterocycles. The Morgan fingerprint density at radius 3 is 1.64 bits per heavy atom. The van der Waals surface area contributed by atoms with Crippen LogP contribution in [0.3, 0.4) is 0 Å². The van der Waals surface area contributed by atoms with E-state index in [0.717, 1.165) is 38.5 Å². The van der Waals surface area contributed by atoms with Crippen LogP contribution in [0.1, 0.15) is 147 Å². The molecule has 0 saturated carbocycles. The second kappa shape index (κ2) is 24.4. The van der Waals surface area contributed by atoms with Crippen LogP contribution >= 0.6 is 0 Å². The Morgan fingerprint density at radius 1 is 0.638 bits per heavy atom. The summed E-state index contributed by atoms with van der Waals surface area (Å²) in [5.41, 5.74) is 1.32. The van der Waals surface area contributed by atoms with E-state index in [1.54, 1.807) is 6.08 Å². The molecule has 0 fully saturated rings. The summed E-state index contributed by atoms with van der Waals surface area (Å²) in [6, 6.07) is 19.6. The highest BCUT2D eigenvalue weighted by molar-refractivity contribution is 6.06. The van der Waals surface area contributed by atoms with E-state index in [-0.39, 0.29) is 12.4 Å². The van der Waals surface area contributed by atoms with Crippen LogP contribution in [0.15, 0.2) is 72.8 Å². The minimum Gasteiger partial charge on any atom is -0.396 e. The van der Waals surface area contributed by atoms with Crippen LogP contribution in [-0.2, 0) is 4.79 Å². The van der Waals surface area contributed by atoms with Crippen LogP contribution in [-0.4, -0.2) is 28.7 Å². The molecule has 0 radical (unpaired) electrons. The normalized spacial score (nSPS) is 13.3. The Balaban J connectivity index is 1.19. The van der Waals surface area contributed by atoms with Crippen LogP contribution in [0.4, 0.5) is 0 Å². The van der Waals surface area contributed by atoms with Crippen LogP contribution < -0.4 is 0 Å². The van der Waals surface area contributed by atoms with E-state index in [9.17, 15) is 15.0 Å². The SMILES string of the molecule is CCCCCCCCCCCCC/C=C/[C@@H](O)[C@H](CO)C(=O)CCCCCCCCC/C=C\c1c2ccccc2cc2ccccc12. The molecule has 3 nitrogen and oxygen atoms in total. The van der Waals surface area contributed by atoms with Crippen molar-refractivity contribution in [3.8, 4) is 0 Å². The lowest BCUT2D eigenvalue weighted by molar-refractivity contribution is -0.127. The molecule has 2 atom stereocenters. The number of fused-ring (bicyclic) bond motifs is 2. The summed E-state index contributed by atoms with van der Waals surface area (Å²) in [7, 11) is 0. The Hall–Kier alpha value is -2.75. The van der Waals surface area contributed by atoms with Crippen molar-refractivity contribution < 1.29 is 15.0 Å². The smallest absolute Gasteiger partial charge is 0.141 e. The first-order valence-electron chi connectivity index (χ1n) is 19.2. The van der Waals surface area contributed by atoms with E-state index < -0.39 is 12.0 Å². The lowest BCUT2D eigenvalue weighted by Gasteiger charge is -2.17. The van der Waals surface area contributed by atoms with Gasteiger partial charge >= 0.3 is 0 Å². The average molecular weight is 641 g/mol. The van der Waals surface area contributed by atoms with Crippen molar-refractivity contribution in [2.75, 3.05) is 6.61 Å². The van der Waals surface area contributed by atoms with Crippen LogP contribution in [0.2, 0.25) is 0 Å². The molecule has 258 valence electrons. The second-order valence-corrected chi connectivity index (χ2v) is 13.6. The van der Waals surface area contributed by atoms with Crippen molar-refractivity contribution in [2.24, 2.45) is 5.92 Å². The Kier molecular flexibility index (Phi) is 20.1. The third-order valence-electron chi connectivity index (χ3n) is 9.72. The third-order valence-corrected chi connectivity index (χ3v) is 9.72. The fourth-order valence-electron chi connectivity index (χ4n) is 6.76. The lowest BCUT2D eigenvalue weighted by atomic mass is 9.93. The van der Waals surface area contributed by atoms with Gasteiger partial charge in [0.15, 0.2) is 0 Å². The summed E-state index contributed by atoms with van der Waals surface area (Å²) in [5.74, 6) is -0.700. The predicted molar refractivity (Wildman–Crippen MR) is 204 cm³/mol. The Bertz CT molecular complexity index is 1270. The lowest BCUT2D eigenvalue weighted by Crippen LogP contribution is -2.30. The summed E-state index contributed by atoms with van der Waals surface area (Å²) < 4.78 is 0. The molecule has 0 bridgehead atoms. The average Bonchev–Trinajstić information content (AvgIpc) is 3.09. The van der Waals surface area contributed by atoms with Crippen LogP contribution in [0.5, 0.6) is 0 Å². The molecule has 3 aromatic carbocycles. The first-order chi connectivity index (χ1) is 23.2. The van der Waals surface area contributed by atoms with Gasteiger partial charge in [0.25, 0.3) is 0 Å². The van der Waals surface area contributed by atoms with Crippen LogP contribution in [0.25, 0.3) is 27.6 Å². The molecule has 3 rings (SSSR count). The highest BCUT2D eigenvalue weighted by atomic mass is 16.3. The molecule has 0 aliphatic heterocycles. The first-order valence-corrected chi connectivity index (χ1v) is 19.2. The molecule has 0 unspecified atom stereocenters. The standard InChI is InChI=1S/C44H64O3/c1-2-3-4-5-6-7-8-9-10-13-16-19-22-33-43(46)42(36-45)44(47)34-23-20-17-14-11-12-15-18-21-32-41-39-30-26-24-28-37(39)35-38-29-25-27-31-40(38)41/h21-22,24-33,35,42-43,45-46H,2-20,23,34,36H2,1H3/b32-21-,33-22+/t42-,43+/m0/s1. The van der Waals surface area contributed by atoms with Gasteiger partial charge in [-0.3, -0.25) is 4.79 Å². The first kappa shape index (κ1) is 38.7. The molecule has 0 aliphatic rings. The van der Waals surface area contributed by atoms with Gasteiger partial charge < -0.3 is 10.2 Å². The van der Waals surface area contributed by atoms with Crippen molar-refractivity contribution in [2.45, 2.75) is 148 Å². The van der Waals surface area contributed by atoms with Crippen molar-refractivity contribution >= 4 is 33.4 Å². The zero-order valence-corrected chi connectivity index (χ0v) is 29.5. The van der Waals surface area contributed by atoms with Gasteiger partial charge in [-0.1, -0.05) is 176 Å². The largest absolute Gasteiger partial charge is 0.396 e. The van der Waals surface area contributed by atoms with Gasteiger partial charge in [-0.25, -0.2) is 0 Å². The van der Waals surface area contributed by atoms with Crippen molar-refractivity contribution in [3.05, 3.63) is 78.4 Å². The van der Waals surface area contributed by atoms with Gasteiger partial charge in [0.1, 0.15) is 5.78 Å². The monoisotopic (exact) mass is 640 g/mol.